The Balaban J connectivity index is 2.22. The molecule has 2 aromatic rings. The van der Waals surface area contributed by atoms with E-state index in [1.807, 2.05) is 0 Å². The van der Waals surface area contributed by atoms with Crippen LogP contribution in [0.3, 0.4) is 0 Å². The number of hydrogen-bond acceptors (Lipinski definition) is 5. The molecule has 1 heterocycles. The summed E-state index contributed by atoms with van der Waals surface area (Å²) in [5, 5.41) is 0. The van der Waals surface area contributed by atoms with Crippen molar-refractivity contribution in [2.45, 2.75) is 18.4 Å². The molecular weight excluding hydrogens is 264 g/mol. The molecule has 6 nitrogen and oxygen atoms in total. The average Bonchev–Trinajstić information content (AvgIpc) is 2.41. The van der Waals surface area contributed by atoms with E-state index in [-0.39, 0.29) is 11.4 Å². The Hall–Kier alpha value is -1.99. The fourth-order valence-corrected chi connectivity index (χ4v) is 2.86. The number of nitrogen functional groups attached to an aromatic ring is 1. The third-order valence-electron chi connectivity index (χ3n) is 2.70. The van der Waals surface area contributed by atoms with Crippen LogP contribution in [-0.2, 0) is 16.6 Å². The van der Waals surface area contributed by atoms with Gasteiger partial charge in [0.15, 0.2) is 0 Å². The molecule has 0 aliphatic rings. The van der Waals surface area contributed by atoms with E-state index in [1.54, 1.807) is 31.3 Å². The highest BCUT2D eigenvalue weighted by Gasteiger charge is 2.17. The first-order valence-electron chi connectivity index (χ1n) is 5.60. The number of aromatic nitrogens is 2. The third-order valence-corrected chi connectivity index (χ3v) is 4.25. The van der Waals surface area contributed by atoms with Gasteiger partial charge in [-0.3, -0.25) is 0 Å². The Morgan fingerprint density at radius 2 is 2.11 bits per heavy atom. The lowest BCUT2D eigenvalue weighted by Crippen LogP contribution is -2.24. The molecule has 19 heavy (non-hydrogen) atoms. The Morgan fingerprint density at radius 1 is 1.32 bits per heavy atom. The highest BCUT2D eigenvalue weighted by Crippen LogP contribution is 2.20. The number of sulfonamides is 1. The van der Waals surface area contributed by atoms with Gasteiger partial charge in [-0.1, -0.05) is 6.07 Å². The maximum absolute atomic E-state index is 12.2. The van der Waals surface area contributed by atoms with Gasteiger partial charge < -0.3 is 5.73 Å². The van der Waals surface area contributed by atoms with Gasteiger partial charge >= 0.3 is 0 Å². The van der Waals surface area contributed by atoms with Crippen molar-refractivity contribution < 1.29 is 8.42 Å². The summed E-state index contributed by atoms with van der Waals surface area (Å²) in [5.41, 5.74) is 7.30. The van der Waals surface area contributed by atoms with Gasteiger partial charge in [0.05, 0.1) is 17.1 Å². The molecule has 0 saturated heterocycles. The van der Waals surface area contributed by atoms with Gasteiger partial charge in [-0.15, -0.1) is 0 Å². The van der Waals surface area contributed by atoms with Crippen LogP contribution in [-0.4, -0.2) is 18.4 Å². The van der Waals surface area contributed by atoms with Crippen LogP contribution in [0.2, 0.25) is 0 Å². The molecule has 100 valence electrons. The molecule has 0 aliphatic carbocycles. The fourth-order valence-electron chi connectivity index (χ4n) is 1.59. The molecule has 1 aromatic carbocycles. The molecule has 3 N–H and O–H groups in total. The van der Waals surface area contributed by atoms with Crippen LogP contribution < -0.4 is 10.5 Å². The second-order valence-corrected chi connectivity index (χ2v) is 5.73. The molecule has 1 aromatic heterocycles. The van der Waals surface area contributed by atoms with E-state index >= 15 is 0 Å². The molecule has 0 radical (unpaired) electrons. The monoisotopic (exact) mass is 278 g/mol. The second kappa shape index (κ2) is 5.33. The maximum Gasteiger partial charge on any atom is 0.241 e. The number of rotatable bonds is 4. The molecule has 0 saturated carbocycles. The number of nitrogens with one attached hydrogen (secondary N) is 1. The van der Waals surface area contributed by atoms with Crippen molar-refractivity contribution in [3.63, 3.8) is 0 Å². The van der Waals surface area contributed by atoms with Crippen LogP contribution in [0.25, 0.3) is 0 Å². The first-order chi connectivity index (χ1) is 9.00. The molecule has 0 spiro atoms. The lowest BCUT2D eigenvalue weighted by Gasteiger charge is -2.10. The Bertz CT molecular complexity index is 671. The average molecular weight is 278 g/mol. The van der Waals surface area contributed by atoms with Crippen molar-refractivity contribution in [1.29, 1.82) is 0 Å². The van der Waals surface area contributed by atoms with Gasteiger partial charge in [0, 0.05) is 11.9 Å². The third kappa shape index (κ3) is 3.07. The van der Waals surface area contributed by atoms with E-state index < -0.39 is 10.0 Å². The molecule has 0 atom stereocenters. The van der Waals surface area contributed by atoms with E-state index in [2.05, 4.69) is 14.7 Å². The number of nitrogens with zero attached hydrogens (tertiary/aromatic N) is 2. The zero-order chi connectivity index (χ0) is 13.9. The summed E-state index contributed by atoms with van der Waals surface area (Å²) in [6, 6.07) is 6.45. The highest BCUT2D eigenvalue weighted by atomic mass is 32.2. The van der Waals surface area contributed by atoms with Gasteiger partial charge in [-0.2, -0.15) is 0 Å². The summed E-state index contributed by atoms with van der Waals surface area (Å²) < 4.78 is 26.8. The molecule has 0 unspecified atom stereocenters. The van der Waals surface area contributed by atoms with Crippen LogP contribution >= 0.6 is 0 Å². The van der Waals surface area contributed by atoms with E-state index in [9.17, 15) is 8.42 Å². The Kier molecular flexibility index (Phi) is 3.77. The van der Waals surface area contributed by atoms with Crippen LogP contribution in [0.4, 0.5) is 5.69 Å². The minimum atomic E-state index is -3.60. The second-order valence-electron chi connectivity index (χ2n) is 4.00. The topological polar surface area (TPSA) is 98.0 Å². The smallest absolute Gasteiger partial charge is 0.241 e. The molecule has 7 heteroatoms. The van der Waals surface area contributed by atoms with Crippen molar-refractivity contribution in [2.75, 3.05) is 5.73 Å². The lowest BCUT2D eigenvalue weighted by atomic mass is 10.2. The number of anilines is 1. The minimum Gasteiger partial charge on any atom is -0.398 e. The van der Waals surface area contributed by atoms with E-state index in [0.29, 0.717) is 16.9 Å². The van der Waals surface area contributed by atoms with Crippen molar-refractivity contribution in [3.05, 3.63) is 48.0 Å². The normalized spacial score (nSPS) is 11.4. The van der Waals surface area contributed by atoms with Crippen LogP contribution in [0, 0.1) is 6.92 Å². The minimum absolute atomic E-state index is 0.110. The van der Waals surface area contributed by atoms with Gasteiger partial charge in [0.25, 0.3) is 0 Å². The molecule has 0 aliphatic heterocycles. The largest absolute Gasteiger partial charge is 0.398 e. The fraction of sp³-hybridized carbons (Fsp3) is 0.167. The van der Waals surface area contributed by atoms with Gasteiger partial charge in [0.1, 0.15) is 6.33 Å². The summed E-state index contributed by atoms with van der Waals surface area (Å²) >= 11 is 0. The van der Waals surface area contributed by atoms with Crippen molar-refractivity contribution in [3.8, 4) is 0 Å². The van der Waals surface area contributed by atoms with Crippen molar-refractivity contribution >= 4 is 15.7 Å². The molecule has 0 fully saturated rings. The van der Waals surface area contributed by atoms with Gasteiger partial charge in [0.2, 0.25) is 10.0 Å². The zero-order valence-corrected chi connectivity index (χ0v) is 11.2. The van der Waals surface area contributed by atoms with Crippen LogP contribution in [0.15, 0.2) is 41.7 Å². The van der Waals surface area contributed by atoms with E-state index in [1.165, 1.54) is 12.4 Å². The van der Waals surface area contributed by atoms with E-state index in [0.717, 1.165) is 0 Å². The van der Waals surface area contributed by atoms with Gasteiger partial charge in [-0.25, -0.2) is 23.1 Å². The van der Waals surface area contributed by atoms with Crippen LogP contribution in [0.5, 0.6) is 0 Å². The number of nitrogens with two attached hydrogens (primary N) is 1. The summed E-state index contributed by atoms with van der Waals surface area (Å²) in [5.74, 6) is 0. The zero-order valence-electron chi connectivity index (χ0n) is 10.4. The first-order valence-corrected chi connectivity index (χ1v) is 7.08. The number of hydrogen-bond donors (Lipinski definition) is 2. The number of benzene rings is 1. The highest BCUT2D eigenvalue weighted by molar-refractivity contribution is 7.89. The maximum atomic E-state index is 12.2. The van der Waals surface area contributed by atoms with Gasteiger partial charge in [-0.05, 0) is 30.7 Å². The quantitative estimate of drug-likeness (QED) is 0.808. The van der Waals surface area contributed by atoms with Crippen molar-refractivity contribution in [1.82, 2.24) is 14.7 Å². The molecule has 0 amide bonds. The molecule has 0 bridgehead atoms. The summed E-state index contributed by atoms with van der Waals surface area (Å²) in [6.45, 7) is 1.79. The standard InChI is InChI=1S/C12H14N4O2S/c1-9-11(13)3-2-4-12(9)19(17,18)16-7-10-5-6-14-8-15-10/h2-6,8,16H,7,13H2,1H3. The predicted molar refractivity (Wildman–Crippen MR) is 71.6 cm³/mol. The SMILES string of the molecule is Cc1c(N)cccc1S(=O)(=O)NCc1ccncn1. The Labute approximate surface area is 111 Å². The van der Waals surface area contributed by atoms with Crippen molar-refractivity contribution in [2.24, 2.45) is 0 Å². The molecular formula is C12H14N4O2S. The summed E-state index contributed by atoms with van der Waals surface area (Å²) in [7, 11) is -3.60. The first kappa shape index (κ1) is 13.4. The summed E-state index contributed by atoms with van der Waals surface area (Å²) in [4.78, 5) is 7.90. The Morgan fingerprint density at radius 3 is 2.79 bits per heavy atom. The van der Waals surface area contributed by atoms with Crippen LogP contribution in [0.1, 0.15) is 11.3 Å². The lowest BCUT2D eigenvalue weighted by molar-refractivity contribution is 0.579. The molecule has 2 rings (SSSR count). The van der Waals surface area contributed by atoms with E-state index in [4.69, 9.17) is 5.73 Å². The summed E-state index contributed by atoms with van der Waals surface area (Å²) in [6.07, 6.45) is 2.93. The predicted octanol–water partition coefficient (Wildman–Crippen LogP) is 0.846.